The van der Waals surface area contributed by atoms with Crippen LogP contribution in [0, 0.1) is 0 Å². The summed E-state index contributed by atoms with van der Waals surface area (Å²) in [5.74, 6) is 3.75. The molecular formula is C18H30S3. The van der Waals surface area contributed by atoms with Gasteiger partial charge in [0.25, 0.3) is 0 Å². The van der Waals surface area contributed by atoms with Crippen molar-refractivity contribution in [1.29, 1.82) is 0 Å². The summed E-state index contributed by atoms with van der Waals surface area (Å²) >= 11 is 6.08. The van der Waals surface area contributed by atoms with E-state index in [0.717, 1.165) is 0 Å². The van der Waals surface area contributed by atoms with Gasteiger partial charge in [0.15, 0.2) is 0 Å². The van der Waals surface area contributed by atoms with Gasteiger partial charge in [-0.25, -0.2) is 0 Å². The van der Waals surface area contributed by atoms with Crippen molar-refractivity contribution in [1.82, 2.24) is 0 Å². The monoisotopic (exact) mass is 342 g/mol. The summed E-state index contributed by atoms with van der Waals surface area (Å²) < 4.78 is 0. The Morgan fingerprint density at radius 1 is 0.571 bits per heavy atom. The highest BCUT2D eigenvalue weighted by molar-refractivity contribution is 8.00. The summed E-state index contributed by atoms with van der Waals surface area (Å²) in [5, 5.41) is 0. The maximum Gasteiger partial charge on any atom is 0.00942 e. The van der Waals surface area contributed by atoms with Gasteiger partial charge in [0, 0.05) is 14.7 Å². The van der Waals surface area contributed by atoms with Crippen molar-refractivity contribution in [3.63, 3.8) is 0 Å². The summed E-state index contributed by atoms with van der Waals surface area (Å²) in [4.78, 5) is 4.39. The molecule has 0 N–H and O–H groups in total. The largest absolute Gasteiger partial charge is 0.126 e. The molecule has 21 heavy (non-hydrogen) atoms. The van der Waals surface area contributed by atoms with Crippen LogP contribution in [0.25, 0.3) is 0 Å². The van der Waals surface area contributed by atoms with Crippen LogP contribution in [-0.4, -0.2) is 17.3 Å². The third-order valence-electron chi connectivity index (χ3n) is 3.15. The molecule has 0 saturated carbocycles. The normalized spacial score (nSPS) is 11.0. The van der Waals surface area contributed by atoms with Crippen LogP contribution in [0.5, 0.6) is 0 Å². The fourth-order valence-electron chi connectivity index (χ4n) is 1.80. The summed E-state index contributed by atoms with van der Waals surface area (Å²) in [5.41, 5.74) is 0. The predicted molar refractivity (Wildman–Crippen MR) is 103 cm³/mol. The van der Waals surface area contributed by atoms with Crippen molar-refractivity contribution >= 4 is 35.3 Å². The predicted octanol–water partition coefficient (Wildman–Crippen LogP) is 7.36. The van der Waals surface area contributed by atoms with Crippen LogP contribution in [0.2, 0.25) is 0 Å². The summed E-state index contributed by atoms with van der Waals surface area (Å²) in [6.45, 7) is 6.80. The van der Waals surface area contributed by atoms with Gasteiger partial charge < -0.3 is 0 Å². The Labute approximate surface area is 144 Å². The molecule has 0 unspecified atom stereocenters. The number of rotatable bonds is 12. The van der Waals surface area contributed by atoms with Crippen LogP contribution in [0.15, 0.2) is 32.9 Å². The highest BCUT2D eigenvalue weighted by atomic mass is 32.2. The molecule has 0 aliphatic carbocycles. The van der Waals surface area contributed by atoms with Gasteiger partial charge in [-0.05, 0) is 54.7 Å². The number of unbranched alkanes of at least 4 members (excludes halogenated alkanes) is 3. The Hall–Kier alpha value is 0.270. The van der Waals surface area contributed by atoms with E-state index in [-0.39, 0.29) is 0 Å². The first-order valence-electron chi connectivity index (χ1n) is 8.33. The first-order chi connectivity index (χ1) is 10.3. The second kappa shape index (κ2) is 12.8. The number of hydrogen-bond donors (Lipinski definition) is 0. The lowest BCUT2D eigenvalue weighted by Gasteiger charge is -2.09. The van der Waals surface area contributed by atoms with Gasteiger partial charge in [-0.2, -0.15) is 0 Å². The van der Waals surface area contributed by atoms with E-state index in [1.54, 1.807) is 0 Å². The van der Waals surface area contributed by atoms with Crippen molar-refractivity contribution in [2.24, 2.45) is 0 Å². The molecule has 0 aromatic heterocycles. The van der Waals surface area contributed by atoms with Crippen LogP contribution >= 0.6 is 35.3 Å². The van der Waals surface area contributed by atoms with Crippen molar-refractivity contribution < 1.29 is 0 Å². The summed E-state index contributed by atoms with van der Waals surface area (Å²) in [6.07, 6.45) is 7.81. The number of benzene rings is 1. The van der Waals surface area contributed by atoms with E-state index in [4.69, 9.17) is 0 Å². The second-order valence-corrected chi connectivity index (χ2v) is 8.75. The van der Waals surface area contributed by atoms with Gasteiger partial charge in [-0.1, -0.05) is 40.0 Å². The average Bonchev–Trinajstić information content (AvgIpc) is 2.48. The quantitative estimate of drug-likeness (QED) is 0.287. The minimum absolute atomic E-state index is 1.25. The van der Waals surface area contributed by atoms with E-state index >= 15 is 0 Å². The van der Waals surface area contributed by atoms with E-state index in [0.29, 0.717) is 0 Å². The molecule has 0 radical (unpaired) electrons. The number of hydrogen-bond acceptors (Lipinski definition) is 3. The van der Waals surface area contributed by atoms with Crippen molar-refractivity contribution in [2.45, 2.75) is 74.0 Å². The Morgan fingerprint density at radius 3 is 1.10 bits per heavy atom. The summed E-state index contributed by atoms with van der Waals surface area (Å²) in [7, 11) is 0. The molecule has 0 aliphatic rings. The molecular weight excluding hydrogens is 312 g/mol. The van der Waals surface area contributed by atoms with Crippen molar-refractivity contribution in [3.05, 3.63) is 18.2 Å². The van der Waals surface area contributed by atoms with Crippen molar-refractivity contribution in [2.75, 3.05) is 17.3 Å². The van der Waals surface area contributed by atoms with Crippen molar-refractivity contribution in [3.8, 4) is 0 Å². The maximum absolute atomic E-state index is 2.39. The van der Waals surface area contributed by atoms with Gasteiger partial charge in [0.05, 0.1) is 0 Å². The van der Waals surface area contributed by atoms with Crippen LogP contribution in [0.3, 0.4) is 0 Å². The highest BCUT2D eigenvalue weighted by Crippen LogP contribution is 2.32. The Bertz CT molecular complexity index is 307. The zero-order valence-corrected chi connectivity index (χ0v) is 16.3. The molecule has 3 heteroatoms. The zero-order chi connectivity index (χ0) is 15.3. The van der Waals surface area contributed by atoms with Gasteiger partial charge >= 0.3 is 0 Å². The molecule has 0 spiro atoms. The molecule has 0 atom stereocenters. The zero-order valence-electron chi connectivity index (χ0n) is 13.8. The first kappa shape index (κ1) is 19.3. The fourth-order valence-corrected chi connectivity index (χ4v) is 5.29. The SMILES string of the molecule is CCCCSc1cc(SCCCC)cc(SCCCC)c1. The van der Waals surface area contributed by atoms with Gasteiger partial charge in [0.2, 0.25) is 0 Å². The highest BCUT2D eigenvalue weighted by Gasteiger charge is 2.04. The molecule has 0 amide bonds. The summed E-state index contributed by atoms with van der Waals surface area (Å²) in [6, 6.07) is 7.18. The topological polar surface area (TPSA) is 0 Å². The molecule has 1 rings (SSSR count). The van der Waals surface area contributed by atoms with E-state index < -0.39 is 0 Å². The Kier molecular flexibility index (Phi) is 11.8. The Balaban J connectivity index is 2.65. The molecule has 0 aliphatic heterocycles. The third kappa shape index (κ3) is 9.10. The molecule has 0 saturated heterocycles. The molecule has 1 aromatic carbocycles. The third-order valence-corrected chi connectivity index (χ3v) is 6.34. The average molecular weight is 343 g/mol. The number of thioether (sulfide) groups is 3. The molecule has 120 valence electrons. The fraction of sp³-hybridized carbons (Fsp3) is 0.667. The molecule has 0 heterocycles. The minimum atomic E-state index is 1.25. The lowest BCUT2D eigenvalue weighted by atomic mass is 10.4. The Morgan fingerprint density at radius 2 is 0.857 bits per heavy atom. The lowest BCUT2D eigenvalue weighted by Crippen LogP contribution is -1.85. The van der Waals surface area contributed by atoms with Gasteiger partial charge in [-0.3, -0.25) is 0 Å². The molecule has 1 aromatic rings. The van der Waals surface area contributed by atoms with E-state index in [1.165, 1.54) is 70.5 Å². The van der Waals surface area contributed by atoms with E-state index in [2.05, 4.69) is 39.0 Å². The first-order valence-corrected chi connectivity index (χ1v) is 11.3. The van der Waals surface area contributed by atoms with E-state index in [1.807, 2.05) is 35.3 Å². The molecule has 0 fully saturated rings. The molecule has 0 bridgehead atoms. The standard InChI is InChI=1S/C18H30S3/c1-4-7-10-19-16-13-17(20-11-8-5-2)15-18(14-16)21-12-9-6-3/h13-15H,4-12H2,1-3H3. The lowest BCUT2D eigenvalue weighted by molar-refractivity contribution is 0.894. The van der Waals surface area contributed by atoms with Gasteiger partial charge in [-0.15, -0.1) is 35.3 Å². The maximum atomic E-state index is 2.39. The van der Waals surface area contributed by atoms with E-state index in [9.17, 15) is 0 Å². The van der Waals surface area contributed by atoms with Crippen LogP contribution in [0.4, 0.5) is 0 Å². The van der Waals surface area contributed by atoms with Crippen LogP contribution < -0.4 is 0 Å². The molecule has 0 nitrogen and oxygen atoms in total. The second-order valence-electron chi connectivity index (χ2n) is 5.25. The minimum Gasteiger partial charge on any atom is -0.126 e. The van der Waals surface area contributed by atoms with Gasteiger partial charge in [0.1, 0.15) is 0 Å². The smallest absolute Gasteiger partial charge is 0.00942 e. The van der Waals surface area contributed by atoms with Crippen LogP contribution in [0.1, 0.15) is 59.3 Å². The van der Waals surface area contributed by atoms with Crippen LogP contribution in [-0.2, 0) is 0 Å².